The fraction of sp³-hybridized carbons (Fsp3) is 0.462. The molecule has 1 aromatic carbocycles. The molecule has 2 rings (SSSR count). The number of hydrogen-bond donors (Lipinski definition) is 2. The number of nitrogens with one attached hydrogen (secondary N) is 2. The third kappa shape index (κ3) is 3.46. The summed E-state index contributed by atoms with van der Waals surface area (Å²) >= 11 is 3.45. The van der Waals surface area contributed by atoms with Crippen LogP contribution in [0.4, 0.5) is 10.5 Å². The van der Waals surface area contributed by atoms with Gasteiger partial charge in [0.1, 0.15) is 0 Å². The van der Waals surface area contributed by atoms with E-state index in [1.54, 1.807) is 0 Å². The summed E-state index contributed by atoms with van der Waals surface area (Å²) in [5, 5.41) is 5.74. The molecule has 1 fully saturated rings. The predicted molar refractivity (Wildman–Crippen MR) is 73.2 cm³/mol. The highest BCUT2D eigenvalue weighted by atomic mass is 79.9. The summed E-state index contributed by atoms with van der Waals surface area (Å²) in [6.45, 7) is 2.81. The zero-order valence-electron chi connectivity index (χ0n) is 9.92. The molecule has 1 aliphatic rings. The number of benzene rings is 1. The Morgan fingerprint density at radius 2 is 2.24 bits per heavy atom. The van der Waals surface area contributed by atoms with Gasteiger partial charge in [0.05, 0.1) is 0 Å². The summed E-state index contributed by atoms with van der Waals surface area (Å²) in [6.07, 6.45) is 3.80. The molecule has 4 heteroatoms. The summed E-state index contributed by atoms with van der Waals surface area (Å²) in [5.41, 5.74) is 1.97. The highest BCUT2D eigenvalue weighted by molar-refractivity contribution is 9.10. The van der Waals surface area contributed by atoms with Crippen LogP contribution in [-0.2, 0) is 0 Å². The van der Waals surface area contributed by atoms with Gasteiger partial charge in [0, 0.05) is 16.7 Å². The van der Waals surface area contributed by atoms with E-state index in [9.17, 15) is 4.79 Å². The van der Waals surface area contributed by atoms with Gasteiger partial charge in [-0.3, -0.25) is 0 Å². The molecular weight excluding hydrogens is 280 g/mol. The maximum atomic E-state index is 11.6. The molecule has 1 aliphatic carbocycles. The van der Waals surface area contributed by atoms with E-state index in [0.717, 1.165) is 22.3 Å². The molecule has 0 aromatic heterocycles. The van der Waals surface area contributed by atoms with Gasteiger partial charge in [-0.15, -0.1) is 0 Å². The fourth-order valence-electron chi connectivity index (χ4n) is 1.78. The van der Waals surface area contributed by atoms with Crippen LogP contribution in [0, 0.1) is 12.8 Å². The minimum absolute atomic E-state index is 0.118. The first-order valence-electron chi connectivity index (χ1n) is 5.96. The maximum Gasteiger partial charge on any atom is 0.319 e. The molecule has 0 radical (unpaired) electrons. The van der Waals surface area contributed by atoms with E-state index < -0.39 is 0 Å². The van der Waals surface area contributed by atoms with E-state index in [1.165, 1.54) is 19.3 Å². The van der Waals surface area contributed by atoms with Gasteiger partial charge in [0.25, 0.3) is 0 Å². The number of halogens is 1. The maximum absolute atomic E-state index is 11.6. The SMILES string of the molecule is Cc1ccc(NC(=O)NCC2CCC2)cc1Br. The van der Waals surface area contributed by atoms with Crippen molar-refractivity contribution < 1.29 is 4.79 Å². The first-order chi connectivity index (χ1) is 8.15. The lowest BCUT2D eigenvalue weighted by Gasteiger charge is -2.25. The Bertz CT molecular complexity index is 416. The molecule has 1 saturated carbocycles. The van der Waals surface area contributed by atoms with Gasteiger partial charge in [-0.05, 0) is 43.4 Å². The van der Waals surface area contributed by atoms with E-state index in [2.05, 4.69) is 26.6 Å². The lowest BCUT2D eigenvalue weighted by molar-refractivity contribution is 0.243. The Hall–Kier alpha value is -1.03. The molecular formula is C13H17BrN2O. The van der Waals surface area contributed by atoms with Crippen molar-refractivity contribution in [1.82, 2.24) is 5.32 Å². The molecule has 0 saturated heterocycles. The largest absolute Gasteiger partial charge is 0.338 e. The van der Waals surface area contributed by atoms with Gasteiger partial charge in [0.2, 0.25) is 0 Å². The van der Waals surface area contributed by atoms with Crippen LogP contribution in [-0.4, -0.2) is 12.6 Å². The smallest absolute Gasteiger partial charge is 0.319 e. The van der Waals surface area contributed by atoms with Crippen molar-refractivity contribution in [3.8, 4) is 0 Å². The summed E-state index contributed by atoms with van der Waals surface area (Å²) < 4.78 is 1.01. The van der Waals surface area contributed by atoms with Crippen LogP contribution in [0.1, 0.15) is 24.8 Å². The molecule has 2 N–H and O–H groups in total. The molecule has 0 heterocycles. The van der Waals surface area contributed by atoms with Crippen LogP contribution in [0.25, 0.3) is 0 Å². The molecule has 0 spiro atoms. The number of anilines is 1. The van der Waals surface area contributed by atoms with Gasteiger partial charge in [0.15, 0.2) is 0 Å². The summed E-state index contributed by atoms with van der Waals surface area (Å²) in [6, 6.07) is 5.68. The van der Waals surface area contributed by atoms with Gasteiger partial charge >= 0.3 is 6.03 Å². The number of aryl methyl sites for hydroxylation is 1. The molecule has 17 heavy (non-hydrogen) atoms. The Balaban J connectivity index is 1.82. The number of rotatable bonds is 3. The second-order valence-electron chi connectivity index (χ2n) is 4.60. The molecule has 0 aliphatic heterocycles. The molecule has 2 amide bonds. The molecule has 0 bridgehead atoms. The summed E-state index contributed by atoms with van der Waals surface area (Å²) in [5.74, 6) is 0.686. The fourth-order valence-corrected chi connectivity index (χ4v) is 2.16. The van der Waals surface area contributed by atoms with Gasteiger partial charge in [-0.2, -0.15) is 0 Å². The monoisotopic (exact) mass is 296 g/mol. The Labute approximate surface area is 110 Å². The van der Waals surface area contributed by atoms with Crippen LogP contribution in [0.15, 0.2) is 22.7 Å². The van der Waals surface area contributed by atoms with Gasteiger partial charge < -0.3 is 10.6 Å². The van der Waals surface area contributed by atoms with Crippen molar-refractivity contribution in [2.75, 3.05) is 11.9 Å². The van der Waals surface area contributed by atoms with Crippen molar-refractivity contribution >= 4 is 27.6 Å². The number of carbonyl (C=O) groups excluding carboxylic acids is 1. The van der Waals surface area contributed by atoms with Crippen molar-refractivity contribution in [2.24, 2.45) is 5.92 Å². The highest BCUT2D eigenvalue weighted by Gasteiger charge is 2.17. The van der Waals surface area contributed by atoms with Crippen LogP contribution in [0.3, 0.4) is 0 Å². The minimum Gasteiger partial charge on any atom is -0.338 e. The average molecular weight is 297 g/mol. The van der Waals surface area contributed by atoms with Crippen molar-refractivity contribution in [3.05, 3.63) is 28.2 Å². The van der Waals surface area contributed by atoms with Crippen LogP contribution in [0.5, 0.6) is 0 Å². The Morgan fingerprint density at radius 3 is 2.82 bits per heavy atom. The Morgan fingerprint density at radius 1 is 1.47 bits per heavy atom. The molecule has 1 aromatic rings. The lowest BCUT2D eigenvalue weighted by Crippen LogP contribution is -2.35. The van der Waals surface area contributed by atoms with E-state index in [4.69, 9.17) is 0 Å². The minimum atomic E-state index is -0.118. The zero-order valence-corrected chi connectivity index (χ0v) is 11.5. The number of carbonyl (C=O) groups is 1. The van der Waals surface area contributed by atoms with Crippen LogP contribution in [0.2, 0.25) is 0 Å². The standard InChI is InChI=1S/C13H17BrN2O/c1-9-5-6-11(7-12(9)14)16-13(17)15-8-10-3-2-4-10/h5-7,10H,2-4,8H2,1H3,(H2,15,16,17). The van der Waals surface area contributed by atoms with Crippen molar-refractivity contribution in [1.29, 1.82) is 0 Å². The van der Waals surface area contributed by atoms with Crippen LogP contribution >= 0.6 is 15.9 Å². The topological polar surface area (TPSA) is 41.1 Å². The van der Waals surface area contributed by atoms with E-state index in [-0.39, 0.29) is 6.03 Å². The first-order valence-corrected chi connectivity index (χ1v) is 6.75. The van der Waals surface area contributed by atoms with Crippen LogP contribution < -0.4 is 10.6 Å². The average Bonchev–Trinajstić information content (AvgIpc) is 2.21. The summed E-state index contributed by atoms with van der Waals surface area (Å²) in [4.78, 5) is 11.6. The molecule has 92 valence electrons. The number of hydrogen-bond acceptors (Lipinski definition) is 1. The third-order valence-electron chi connectivity index (χ3n) is 3.21. The van der Waals surface area contributed by atoms with Crippen molar-refractivity contribution in [3.63, 3.8) is 0 Å². The summed E-state index contributed by atoms with van der Waals surface area (Å²) in [7, 11) is 0. The first kappa shape index (κ1) is 12.4. The quantitative estimate of drug-likeness (QED) is 0.878. The van der Waals surface area contributed by atoms with Gasteiger partial charge in [-0.25, -0.2) is 4.79 Å². The predicted octanol–water partition coefficient (Wildman–Crippen LogP) is 3.68. The number of amides is 2. The zero-order chi connectivity index (χ0) is 12.3. The van der Waals surface area contributed by atoms with Crippen molar-refractivity contribution in [2.45, 2.75) is 26.2 Å². The molecule has 0 atom stereocenters. The normalized spacial score (nSPS) is 15.2. The van der Waals surface area contributed by atoms with Gasteiger partial charge in [-0.1, -0.05) is 28.4 Å². The van der Waals surface area contributed by atoms with E-state index in [0.29, 0.717) is 5.92 Å². The molecule has 0 unspecified atom stereocenters. The Kier molecular flexibility index (Phi) is 4.05. The lowest BCUT2D eigenvalue weighted by atomic mass is 9.85. The van der Waals surface area contributed by atoms with E-state index in [1.807, 2.05) is 25.1 Å². The second-order valence-corrected chi connectivity index (χ2v) is 5.45. The number of urea groups is 1. The third-order valence-corrected chi connectivity index (χ3v) is 4.06. The second kappa shape index (κ2) is 5.54. The highest BCUT2D eigenvalue weighted by Crippen LogP contribution is 2.25. The molecule has 3 nitrogen and oxygen atoms in total. The van der Waals surface area contributed by atoms with E-state index >= 15 is 0 Å².